The summed E-state index contributed by atoms with van der Waals surface area (Å²) >= 11 is 4.88. The third-order valence-corrected chi connectivity index (χ3v) is 5.38. The second kappa shape index (κ2) is 5.40. The molecule has 2 amide bonds. The Hall–Kier alpha value is -0.880. The summed E-state index contributed by atoms with van der Waals surface area (Å²) in [4.78, 5) is 25.9. The second-order valence-corrected chi connectivity index (χ2v) is 6.91. The molecule has 2 N–H and O–H groups in total. The number of piperidine rings is 1. The van der Waals surface area contributed by atoms with Crippen molar-refractivity contribution in [3.8, 4) is 0 Å². The lowest BCUT2D eigenvalue weighted by Gasteiger charge is -2.30. The van der Waals surface area contributed by atoms with Crippen molar-refractivity contribution in [2.24, 2.45) is 11.7 Å². The lowest BCUT2D eigenvalue weighted by molar-refractivity contribution is -0.123. The highest BCUT2D eigenvalue weighted by atomic mass is 79.9. The molecular formula is C12H15BrN2O2S. The molecule has 18 heavy (non-hydrogen) atoms. The Morgan fingerprint density at radius 1 is 1.44 bits per heavy atom. The molecule has 4 nitrogen and oxygen atoms in total. The molecule has 0 aliphatic carbocycles. The van der Waals surface area contributed by atoms with Crippen LogP contribution in [0.5, 0.6) is 0 Å². The molecular weight excluding hydrogens is 316 g/mol. The standard InChI is InChI=1S/C12H15BrN2O2S/c1-7-6-9(18-10(7)13)12(17)15-4-2-8(3-5-15)11(14)16/h6,8H,2-5H2,1H3,(H2,14,16). The highest BCUT2D eigenvalue weighted by Crippen LogP contribution is 2.29. The number of primary amides is 1. The summed E-state index contributed by atoms with van der Waals surface area (Å²) in [6, 6.07) is 1.90. The molecule has 0 atom stereocenters. The van der Waals surface area contributed by atoms with Gasteiger partial charge in [-0.2, -0.15) is 0 Å². The van der Waals surface area contributed by atoms with Crippen LogP contribution in [0.4, 0.5) is 0 Å². The van der Waals surface area contributed by atoms with Gasteiger partial charge in [-0.25, -0.2) is 0 Å². The lowest BCUT2D eigenvalue weighted by Crippen LogP contribution is -2.41. The van der Waals surface area contributed by atoms with E-state index in [1.807, 2.05) is 13.0 Å². The van der Waals surface area contributed by atoms with Gasteiger partial charge in [0, 0.05) is 19.0 Å². The molecule has 98 valence electrons. The highest BCUT2D eigenvalue weighted by molar-refractivity contribution is 9.11. The molecule has 0 spiro atoms. The Bertz CT molecular complexity index is 459. The number of thiophene rings is 1. The summed E-state index contributed by atoms with van der Waals surface area (Å²) in [7, 11) is 0. The van der Waals surface area contributed by atoms with Crippen LogP contribution in [-0.4, -0.2) is 29.8 Å². The van der Waals surface area contributed by atoms with E-state index in [1.165, 1.54) is 11.3 Å². The van der Waals surface area contributed by atoms with Gasteiger partial charge in [0.05, 0.1) is 8.66 Å². The zero-order valence-corrected chi connectivity index (χ0v) is 12.5. The van der Waals surface area contributed by atoms with Crippen LogP contribution >= 0.6 is 27.3 Å². The molecule has 2 heterocycles. The maximum atomic E-state index is 12.2. The van der Waals surface area contributed by atoms with Gasteiger partial charge in [0.1, 0.15) is 0 Å². The number of hydrogen-bond donors (Lipinski definition) is 1. The number of halogens is 1. The van der Waals surface area contributed by atoms with E-state index in [1.54, 1.807) is 4.90 Å². The summed E-state index contributed by atoms with van der Waals surface area (Å²) < 4.78 is 0.998. The minimum atomic E-state index is -0.253. The largest absolute Gasteiger partial charge is 0.369 e. The number of carbonyl (C=O) groups excluding carboxylic acids is 2. The molecule has 2 rings (SSSR count). The Balaban J connectivity index is 2.01. The lowest BCUT2D eigenvalue weighted by atomic mass is 9.96. The normalized spacial score (nSPS) is 16.9. The average Bonchev–Trinajstić information content (AvgIpc) is 2.69. The number of amides is 2. The monoisotopic (exact) mass is 330 g/mol. The first-order chi connectivity index (χ1) is 8.49. The van der Waals surface area contributed by atoms with Gasteiger partial charge in [0.2, 0.25) is 5.91 Å². The van der Waals surface area contributed by atoms with E-state index >= 15 is 0 Å². The number of hydrogen-bond acceptors (Lipinski definition) is 3. The molecule has 1 fully saturated rings. The van der Waals surface area contributed by atoms with Gasteiger partial charge in [-0.05, 0) is 47.3 Å². The maximum Gasteiger partial charge on any atom is 0.263 e. The van der Waals surface area contributed by atoms with Crippen molar-refractivity contribution >= 4 is 39.1 Å². The summed E-state index contributed by atoms with van der Waals surface area (Å²) in [5, 5.41) is 0. The number of aryl methyl sites for hydroxylation is 1. The second-order valence-electron chi connectivity index (χ2n) is 4.54. The van der Waals surface area contributed by atoms with E-state index < -0.39 is 0 Å². The van der Waals surface area contributed by atoms with E-state index in [0.717, 1.165) is 14.2 Å². The first kappa shape index (κ1) is 13.5. The Labute approximate surface area is 118 Å². The Morgan fingerprint density at radius 3 is 2.50 bits per heavy atom. The van der Waals surface area contributed by atoms with Crippen molar-refractivity contribution in [2.45, 2.75) is 19.8 Å². The summed E-state index contributed by atoms with van der Waals surface area (Å²) in [5.41, 5.74) is 6.36. The van der Waals surface area contributed by atoms with E-state index in [4.69, 9.17) is 5.73 Å². The van der Waals surface area contributed by atoms with E-state index in [9.17, 15) is 9.59 Å². The first-order valence-electron chi connectivity index (χ1n) is 5.83. The van der Waals surface area contributed by atoms with Crippen LogP contribution in [0, 0.1) is 12.8 Å². The molecule has 1 aliphatic rings. The molecule has 1 aromatic rings. The number of nitrogens with zero attached hydrogens (tertiary/aromatic N) is 1. The molecule has 0 aromatic carbocycles. The zero-order valence-electron chi connectivity index (χ0n) is 10.1. The molecule has 0 unspecified atom stereocenters. The first-order valence-corrected chi connectivity index (χ1v) is 7.44. The minimum Gasteiger partial charge on any atom is -0.369 e. The van der Waals surface area contributed by atoms with Gasteiger partial charge < -0.3 is 10.6 Å². The van der Waals surface area contributed by atoms with Crippen LogP contribution in [0.1, 0.15) is 28.1 Å². The SMILES string of the molecule is Cc1cc(C(=O)N2CCC(C(N)=O)CC2)sc1Br. The summed E-state index contributed by atoms with van der Waals surface area (Å²) in [6.45, 7) is 3.19. The van der Waals surface area contributed by atoms with Crippen molar-refractivity contribution < 1.29 is 9.59 Å². The van der Waals surface area contributed by atoms with Gasteiger partial charge in [-0.1, -0.05) is 0 Å². The predicted octanol–water partition coefficient (Wildman–Crippen LogP) is 2.16. The number of carbonyl (C=O) groups is 2. The number of rotatable bonds is 2. The van der Waals surface area contributed by atoms with Crippen LogP contribution in [0.25, 0.3) is 0 Å². The van der Waals surface area contributed by atoms with Crippen LogP contribution in [-0.2, 0) is 4.79 Å². The van der Waals surface area contributed by atoms with Crippen LogP contribution in [0.15, 0.2) is 9.85 Å². The third-order valence-electron chi connectivity index (χ3n) is 3.25. The van der Waals surface area contributed by atoms with Crippen molar-refractivity contribution in [3.05, 3.63) is 20.3 Å². The average molecular weight is 331 g/mol. The Morgan fingerprint density at radius 2 is 2.06 bits per heavy atom. The Kier molecular flexibility index (Phi) is 4.07. The number of nitrogens with two attached hydrogens (primary N) is 1. The molecule has 0 bridgehead atoms. The molecule has 1 saturated heterocycles. The van der Waals surface area contributed by atoms with Gasteiger partial charge in [0.15, 0.2) is 0 Å². The maximum absolute atomic E-state index is 12.2. The summed E-state index contributed by atoms with van der Waals surface area (Å²) in [6.07, 6.45) is 1.35. The number of likely N-dealkylation sites (tertiary alicyclic amines) is 1. The zero-order chi connectivity index (χ0) is 13.3. The smallest absolute Gasteiger partial charge is 0.263 e. The summed E-state index contributed by atoms with van der Waals surface area (Å²) in [5.74, 6) is -0.278. The van der Waals surface area contributed by atoms with E-state index in [2.05, 4.69) is 15.9 Å². The minimum absolute atomic E-state index is 0.0525. The fourth-order valence-electron chi connectivity index (χ4n) is 2.09. The third kappa shape index (κ3) is 2.75. The molecule has 1 aliphatic heterocycles. The van der Waals surface area contributed by atoms with Crippen molar-refractivity contribution in [1.29, 1.82) is 0 Å². The van der Waals surface area contributed by atoms with Crippen molar-refractivity contribution in [1.82, 2.24) is 4.90 Å². The fourth-order valence-corrected chi connectivity index (χ4v) is 3.59. The van der Waals surface area contributed by atoms with Crippen molar-refractivity contribution in [2.75, 3.05) is 13.1 Å². The highest BCUT2D eigenvalue weighted by Gasteiger charge is 2.27. The van der Waals surface area contributed by atoms with Crippen LogP contribution < -0.4 is 5.73 Å². The van der Waals surface area contributed by atoms with Gasteiger partial charge >= 0.3 is 0 Å². The molecule has 0 radical (unpaired) electrons. The van der Waals surface area contributed by atoms with Crippen molar-refractivity contribution in [3.63, 3.8) is 0 Å². The van der Waals surface area contributed by atoms with Crippen LogP contribution in [0.2, 0.25) is 0 Å². The predicted molar refractivity (Wildman–Crippen MR) is 74.6 cm³/mol. The molecule has 0 saturated carbocycles. The quantitative estimate of drug-likeness (QED) is 0.903. The fraction of sp³-hybridized carbons (Fsp3) is 0.500. The van der Waals surface area contributed by atoms with Gasteiger partial charge in [0.25, 0.3) is 5.91 Å². The van der Waals surface area contributed by atoms with Gasteiger partial charge in [-0.15, -0.1) is 11.3 Å². The van der Waals surface area contributed by atoms with E-state index in [0.29, 0.717) is 25.9 Å². The van der Waals surface area contributed by atoms with Crippen LogP contribution in [0.3, 0.4) is 0 Å². The topological polar surface area (TPSA) is 63.4 Å². The van der Waals surface area contributed by atoms with E-state index in [-0.39, 0.29) is 17.7 Å². The molecule has 6 heteroatoms. The van der Waals surface area contributed by atoms with Gasteiger partial charge in [-0.3, -0.25) is 9.59 Å². The molecule has 1 aromatic heterocycles.